The number of hydrogen-bond donors (Lipinski definition) is 1. The zero-order chi connectivity index (χ0) is 13.1. The predicted molar refractivity (Wildman–Crippen MR) is 71.4 cm³/mol. The van der Waals surface area contributed by atoms with Gasteiger partial charge in [-0.15, -0.1) is 0 Å². The Hall–Kier alpha value is -0.650. The summed E-state index contributed by atoms with van der Waals surface area (Å²) < 4.78 is 25.1. The molecule has 1 aromatic carbocycles. The molecule has 1 saturated carbocycles. The molecular formula is C13H17BrFNO2. The lowest BCUT2D eigenvalue weighted by molar-refractivity contribution is -0.103. The first-order chi connectivity index (χ1) is 8.65. The second-order valence-corrected chi connectivity index (χ2v) is 5.14. The molecule has 0 saturated heterocycles. The number of rotatable bonds is 5. The molecule has 0 aliphatic heterocycles. The van der Waals surface area contributed by atoms with Crippen LogP contribution in [0.5, 0.6) is 5.75 Å². The Morgan fingerprint density at radius 3 is 2.89 bits per heavy atom. The van der Waals surface area contributed by atoms with Crippen LogP contribution in [-0.4, -0.2) is 31.9 Å². The van der Waals surface area contributed by atoms with Gasteiger partial charge in [-0.2, -0.15) is 0 Å². The number of benzene rings is 1. The van der Waals surface area contributed by atoms with Gasteiger partial charge in [-0.3, -0.25) is 0 Å². The average Bonchev–Trinajstić information content (AvgIpc) is 2.33. The highest BCUT2D eigenvalue weighted by Gasteiger charge is 2.43. The highest BCUT2D eigenvalue weighted by Crippen LogP contribution is 2.33. The van der Waals surface area contributed by atoms with Crippen LogP contribution in [0.4, 0.5) is 4.39 Å². The Balaban J connectivity index is 2.01. The molecule has 1 aliphatic rings. The van der Waals surface area contributed by atoms with Crippen molar-refractivity contribution in [1.29, 1.82) is 0 Å². The standard InChI is InChI=1S/C13H17BrFNO2/c1-3-17-13-10(16-2)7-12(13)18-11-5-4-8(15)6-9(11)14/h4-6,10,12-13,16H,3,7H2,1-2H3. The Morgan fingerprint density at radius 2 is 2.28 bits per heavy atom. The minimum absolute atomic E-state index is 0.0177. The molecule has 1 fully saturated rings. The highest BCUT2D eigenvalue weighted by molar-refractivity contribution is 9.10. The molecule has 3 nitrogen and oxygen atoms in total. The lowest BCUT2D eigenvalue weighted by Crippen LogP contribution is -2.60. The van der Waals surface area contributed by atoms with Crippen molar-refractivity contribution >= 4 is 15.9 Å². The predicted octanol–water partition coefficient (Wildman–Crippen LogP) is 2.73. The fourth-order valence-electron chi connectivity index (χ4n) is 2.13. The molecular weight excluding hydrogens is 301 g/mol. The maximum absolute atomic E-state index is 13.0. The normalized spacial score (nSPS) is 26.8. The van der Waals surface area contributed by atoms with E-state index in [1.54, 1.807) is 6.07 Å². The van der Waals surface area contributed by atoms with Crippen LogP contribution in [-0.2, 0) is 4.74 Å². The fourth-order valence-corrected chi connectivity index (χ4v) is 2.57. The molecule has 1 aromatic rings. The first-order valence-corrected chi connectivity index (χ1v) is 6.85. The first kappa shape index (κ1) is 13.8. The first-order valence-electron chi connectivity index (χ1n) is 6.06. The van der Waals surface area contributed by atoms with Gasteiger partial charge >= 0.3 is 0 Å². The third-order valence-corrected chi connectivity index (χ3v) is 3.77. The van der Waals surface area contributed by atoms with Crippen LogP contribution in [0.1, 0.15) is 13.3 Å². The zero-order valence-corrected chi connectivity index (χ0v) is 12.0. The molecule has 0 heterocycles. The maximum Gasteiger partial charge on any atom is 0.134 e. The SMILES string of the molecule is CCOC1C(NC)CC1Oc1ccc(F)cc1Br. The van der Waals surface area contributed by atoms with E-state index in [2.05, 4.69) is 21.2 Å². The molecule has 0 amide bonds. The van der Waals surface area contributed by atoms with Crippen LogP contribution in [0.2, 0.25) is 0 Å². The summed E-state index contributed by atoms with van der Waals surface area (Å²) in [5.41, 5.74) is 0. The van der Waals surface area contributed by atoms with Crippen LogP contribution in [0.3, 0.4) is 0 Å². The van der Waals surface area contributed by atoms with E-state index in [0.717, 1.165) is 6.42 Å². The van der Waals surface area contributed by atoms with Crippen molar-refractivity contribution < 1.29 is 13.9 Å². The van der Waals surface area contributed by atoms with Gasteiger partial charge in [0, 0.05) is 19.1 Å². The van der Waals surface area contributed by atoms with E-state index in [-0.39, 0.29) is 18.0 Å². The van der Waals surface area contributed by atoms with Crippen molar-refractivity contribution in [2.75, 3.05) is 13.7 Å². The maximum atomic E-state index is 13.0. The van der Waals surface area contributed by atoms with Crippen molar-refractivity contribution in [3.8, 4) is 5.75 Å². The Kier molecular flexibility index (Phi) is 4.59. The van der Waals surface area contributed by atoms with E-state index in [1.807, 2.05) is 14.0 Å². The fraction of sp³-hybridized carbons (Fsp3) is 0.538. The number of likely N-dealkylation sites (N-methyl/N-ethyl adjacent to an activating group) is 1. The molecule has 0 bridgehead atoms. The number of halogens is 2. The molecule has 100 valence electrons. The summed E-state index contributed by atoms with van der Waals surface area (Å²) >= 11 is 3.30. The molecule has 1 aliphatic carbocycles. The topological polar surface area (TPSA) is 30.5 Å². The third-order valence-electron chi connectivity index (χ3n) is 3.15. The van der Waals surface area contributed by atoms with Crippen molar-refractivity contribution in [1.82, 2.24) is 5.32 Å². The van der Waals surface area contributed by atoms with Gasteiger partial charge in [-0.05, 0) is 48.1 Å². The summed E-state index contributed by atoms with van der Waals surface area (Å²) in [6, 6.07) is 4.76. The van der Waals surface area contributed by atoms with Crippen molar-refractivity contribution in [3.63, 3.8) is 0 Å². The molecule has 3 unspecified atom stereocenters. The largest absolute Gasteiger partial charge is 0.486 e. The van der Waals surface area contributed by atoms with E-state index in [0.29, 0.717) is 22.9 Å². The lowest BCUT2D eigenvalue weighted by atomic mass is 9.85. The molecule has 0 spiro atoms. The molecule has 2 rings (SSSR count). The zero-order valence-electron chi connectivity index (χ0n) is 10.5. The summed E-state index contributed by atoms with van der Waals surface area (Å²) in [4.78, 5) is 0. The molecule has 1 N–H and O–H groups in total. The Bertz CT molecular complexity index is 416. The van der Waals surface area contributed by atoms with Gasteiger partial charge in [-0.25, -0.2) is 4.39 Å². The van der Waals surface area contributed by atoms with Crippen LogP contribution in [0, 0.1) is 5.82 Å². The van der Waals surface area contributed by atoms with Crippen molar-refractivity contribution in [3.05, 3.63) is 28.5 Å². The summed E-state index contributed by atoms with van der Waals surface area (Å²) in [7, 11) is 1.92. The smallest absolute Gasteiger partial charge is 0.134 e. The van der Waals surface area contributed by atoms with Gasteiger partial charge in [0.1, 0.15) is 23.8 Å². The van der Waals surface area contributed by atoms with Crippen LogP contribution < -0.4 is 10.1 Å². The van der Waals surface area contributed by atoms with Gasteiger partial charge in [-0.1, -0.05) is 0 Å². The van der Waals surface area contributed by atoms with Gasteiger partial charge in [0.15, 0.2) is 0 Å². The molecule has 5 heteroatoms. The van der Waals surface area contributed by atoms with E-state index >= 15 is 0 Å². The van der Waals surface area contributed by atoms with Crippen molar-refractivity contribution in [2.24, 2.45) is 0 Å². The van der Waals surface area contributed by atoms with Gasteiger partial charge < -0.3 is 14.8 Å². The van der Waals surface area contributed by atoms with Crippen LogP contribution in [0.25, 0.3) is 0 Å². The van der Waals surface area contributed by atoms with E-state index in [9.17, 15) is 4.39 Å². The number of hydrogen-bond acceptors (Lipinski definition) is 3. The average molecular weight is 318 g/mol. The van der Waals surface area contributed by atoms with Crippen molar-refractivity contribution in [2.45, 2.75) is 31.6 Å². The second kappa shape index (κ2) is 5.99. The quantitative estimate of drug-likeness (QED) is 0.905. The Labute approximate surface area is 115 Å². The van der Waals surface area contributed by atoms with Gasteiger partial charge in [0.05, 0.1) is 4.47 Å². The molecule has 18 heavy (non-hydrogen) atoms. The van der Waals surface area contributed by atoms with E-state index in [1.165, 1.54) is 12.1 Å². The summed E-state index contributed by atoms with van der Waals surface area (Å²) in [6.07, 6.45) is 0.964. The van der Waals surface area contributed by atoms with Crippen LogP contribution in [0.15, 0.2) is 22.7 Å². The lowest BCUT2D eigenvalue weighted by Gasteiger charge is -2.43. The third kappa shape index (κ3) is 2.84. The monoisotopic (exact) mass is 317 g/mol. The number of nitrogens with one attached hydrogen (secondary N) is 1. The second-order valence-electron chi connectivity index (χ2n) is 4.28. The minimum Gasteiger partial charge on any atom is -0.486 e. The molecule has 3 atom stereocenters. The Morgan fingerprint density at radius 1 is 1.50 bits per heavy atom. The highest BCUT2D eigenvalue weighted by atomic mass is 79.9. The molecule has 0 radical (unpaired) electrons. The minimum atomic E-state index is -0.280. The van der Waals surface area contributed by atoms with Gasteiger partial charge in [0.25, 0.3) is 0 Å². The summed E-state index contributed by atoms with van der Waals surface area (Å²) in [5.74, 6) is 0.373. The van der Waals surface area contributed by atoms with E-state index in [4.69, 9.17) is 9.47 Å². The number of ether oxygens (including phenoxy) is 2. The summed E-state index contributed by atoms with van der Waals surface area (Å²) in [5, 5.41) is 3.20. The van der Waals surface area contributed by atoms with E-state index < -0.39 is 0 Å². The van der Waals surface area contributed by atoms with Gasteiger partial charge in [0.2, 0.25) is 0 Å². The summed E-state index contributed by atoms with van der Waals surface area (Å²) in [6.45, 7) is 2.63. The molecule has 0 aromatic heterocycles. The van der Waals surface area contributed by atoms with Crippen LogP contribution >= 0.6 is 15.9 Å².